The maximum atomic E-state index is 11.6. The molecular formula is C21H24ClN5O. The highest BCUT2D eigenvalue weighted by molar-refractivity contribution is 6.33. The molecule has 0 atom stereocenters. The molecule has 0 bridgehead atoms. The minimum atomic E-state index is 0.127. The number of carbonyl (C=O) groups excluding carboxylic acids is 1. The fourth-order valence-electron chi connectivity index (χ4n) is 3.78. The summed E-state index contributed by atoms with van der Waals surface area (Å²) in [6, 6.07) is 8.10. The van der Waals surface area contributed by atoms with E-state index in [-0.39, 0.29) is 5.91 Å². The van der Waals surface area contributed by atoms with E-state index in [1.54, 1.807) is 6.92 Å². The number of nitrogens with zero attached hydrogens (tertiary/aromatic N) is 4. The Morgan fingerprint density at radius 2 is 1.93 bits per heavy atom. The molecule has 1 fully saturated rings. The minimum Gasteiger partial charge on any atom is -0.353 e. The van der Waals surface area contributed by atoms with Gasteiger partial charge in [-0.1, -0.05) is 23.7 Å². The Balaban J connectivity index is 1.76. The quantitative estimate of drug-likeness (QED) is 0.737. The molecule has 0 radical (unpaired) electrons. The number of anilines is 1. The molecule has 0 spiro atoms. The van der Waals surface area contributed by atoms with Crippen molar-refractivity contribution in [2.24, 2.45) is 5.73 Å². The van der Waals surface area contributed by atoms with Gasteiger partial charge in [0, 0.05) is 62.0 Å². The zero-order valence-electron chi connectivity index (χ0n) is 16.2. The van der Waals surface area contributed by atoms with Crippen LogP contribution in [-0.4, -0.2) is 46.4 Å². The first-order valence-corrected chi connectivity index (χ1v) is 9.82. The summed E-state index contributed by atoms with van der Waals surface area (Å²) < 4.78 is 2.09. The van der Waals surface area contributed by atoms with Crippen LogP contribution in [0.3, 0.4) is 0 Å². The molecule has 1 aliphatic heterocycles. The van der Waals surface area contributed by atoms with Crippen molar-refractivity contribution in [1.82, 2.24) is 14.3 Å². The summed E-state index contributed by atoms with van der Waals surface area (Å²) in [6.07, 6.45) is 3.97. The first-order chi connectivity index (χ1) is 13.5. The average Bonchev–Trinajstić information content (AvgIpc) is 3.10. The van der Waals surface area contributed by atoms with Gasteiger partial charge in [0.05, 0.1) is 6.20 Å². The zero-order valence-corrected chi connectivity index (χ0v) is 16.9. The zero-order chi connectivity index (χ0) is 19.8. The Morgan fingerprint density at radius 1 is 1.18 bits per heavy atom. The summed E-state index contributed by atoms with van der Waals surface area (Å²) in [7, 11) is 0. The van der Waals surface area contributed by atoms with Crippen LogP contribution in [0.25, 0.3) is 16.8 Å². The van der Waals surface area contributed by atoms with E-state index in [9.17, 15) is 4.79 Å². The number of benzene rings is 1. The maximum absolute atomic E-state index is 11.6. The third-order valence-corrected chi connectivity index (χ3v) is 5.71. The molecule has 3 heterocycles. The number of hydrogen-bond donors (Lipinski definition) is 1. The number of carbonyl (C=O) groups is 1. The number of aryl methyl sites for hydroxylation is 1. The summed E-state index contributed by atoms with van der Waals surface area (Å²) in [5.41, 5.74) is 11.0. The van der Waals surface area contributed by atoms with Crippen molar-refractivity contribution in [3.05, 3.63) is 52.8 Å². The number of rotatable bonds is 3. The van der Waals surface area contributed by atoms with E-state index in [1.807, 2.05) is 36.2 Å². The fraction of sp³-hybridized carbons (Fsp3) is 0.333. The fourth-order valence-corrected chi connectivity index (χ4v) is 4.12. The SMILES string of the molecule is CC(=O)N1CCN(c2cnc3cc(CN)c(-c4ccc(C)cc4Cl)cn23)CC1. The van der Waals surface area contributed by atoms with Crippen molar-refractivity contribution in [2.75, 3.05) is 31.1 Å². The van der Waals surface area contributed by atoms with Crippen LogP contribution in [0.15, 0.2) is 36.7 Å². The Labute approximate surface area is 169 Å². The molecule has 1 amide bonds. The Bertz CT molecular complexity index is 1040. The maximum Gasteiger partial charge on any atom is 0.219 e. The lowest BCUT2D eigenvalue weighted by atomic mass is 10.0. The van der Waals surface area contributed by atoms with Gasteiger partial charge in [0.2, 0.25) is 5.91 Å². The molecule has 2 aromatic heterocycles. The van der Waals surface area contributed by atoms with Gasteiger partial charge in [-0.2, -0.15) is 0 Å². The molecule has 0 unspecified atom stereocenters. The second-order valence-electron chi connectivity index (χ2n) is 7.24. The van der Waals surface area contributed by atoms with E-state index in [0.29, 0.717) is 11.6 Å². The normalized spacial score (nSPS) is 14.7. The lowest BCUT2D eigenvalue weighted by molar-refractivity contribution is -0.129. The molecule has 6 nitrogen and oxygen atoms in total. The number of halogens is 1. The number of pyridine rings is 1. The third kappa shape index (κ3) is 3.34. The highest BCUT2D eigenvalue weighted by atomic mass is 35.5. The minimum absolute atomic E-state index is 0.127. The van der Waals surface area contributed by atoms with Crippen LogP contribution in [0.2, 0.25) is 5.02 Å². The number of imidazole rings is 1. The van der Waals surface area contributed by atoms with Crippen molar-refractivity contribution in [3.8, 4) is 11.1 Å². The van der Waals surface area contributed by atoms with Gasteiger partial charge < -0.3 is 15.5 Å². The molecule has 146 valence electrons. The Kier molecular flexibility index (Phi) is 5.00. The van der Waals surface area contributed by atoms with Crippen LogP contribution < -0.4 is 10.6 Å². The number of fused-ring (bicyclic) bond motifs is 1. The first-order valence-electron chi connectivity index (χ1n) is 9.45. The molecule has 1 aliphatic rings. The summed E-state index contributed by atoms with van der Waals surface area (Å²) in [6.45, 7) is 7.07. The van der Waals surface area contributed by atoms with E-state index in [4.69, 9.17) is 17.3 Å². The van der Waals surface area contributed by atoms with Gasteiger partial charge in [-0.3, -0.25) is 9.20 Å². The van der Waals surface area contributed by atoms with E-state index in [1.165, 1.54) is 0 Å². The van der Waals surface area contributed by atoms with Crippen LogP contribution >= 0.6 is 11.6 Å². The molecule has 2 N–H and O–H groups in total. The largest absolute Gasteiger partial charge is 0.353 e. The monoisotopic (exact) mass is 397 g/mol. The lowest BCUT2D eigenvalue weighted by Gasteiger charge is -2.35. The van der Waals surface area contributed by atoms with Gasteiger partial charge in [0.1, 0.15) is 11.5 Å². The van der Waals surface area contributed by atoms with Gasteiger partial charge in [0.15, 0.2) is 0 Å². The van der Waals surface area contributed by atoms with Crippen LogP contribution in [0.4, 0.5) is 5.82 Å². The van der Waals surface area contributed by atoms with Crippen LogP contribution in [0.5, 0.6) is 0 Å². The molecule has 0 saturated carbocycles. The number of hydrogen-bond acceptors (Lipinski definition) is 4. The summed E-state index contributed by atoms with van der Waals surface area (Å²) in [5, 5.41) is 0.714. The second kappa shape index (κ2) is 7.45. The third-order valence-electron chi connectivity index (χ3n) is 5.40. The van der Waals surface area contributed by atoms with E-state index in [0.717, 1.165) is 59.9 Å². The Morgan fingerprint density at radius 3 is 2.57 bits per heavy atom. The smallest absolute Gasteiger partial charge is 0.219 e. The number of amides is 1. The van der Waals surface area contributed by atoms with Crippen molar-refractivity contribution in [2.45, 2.75) is 20.4 Å². The van der Waals surface area contributed by atoms with Crippen LogP contribution in [0.1, 0.15) is 18.1 Å². The number of nitrogens with two attached hydrogens (primary N) is 1. The number of aromatic nitrogens is 2. The first kappa shape index (κ1) is 18.8. The molecule has 7 heteroatoms. The Hall–Kier alpha value is -2.57. The van der Waals surface area contributed by atoms with Gasteiger partial charge in [-0.25, -0.2) is 4.98 Å². The van der Waals surface area contributed by atoms with Crippen LogP contribution in [0, 0.1) is 6.92 Å². The second-order valence-corrected chi connectivity index (χ2v) is 7.64. The predicted octanol–water partition coefficient (Wildman–Crippen LogP) is 3.09. The number of piperazine rings is 1. The van der Waals surface area contributed by atoms with Crippen molar-refractivity contribution < 1.29 is 4.79 Å². The molecule has 1 aromatic carbocycles. The van der Waals surface area contributed by atoms with E-state index < -0.39 is 0 Å². The molecule has 1 saturated heterocycles. The molecule has 3 aromatic rings. The summed E-state index contributed by atoms with van der Waals surface area (Å²) >= 11 is 6.54. The van der Waals surface area contributed by atoms with Gasteiger partial charge in [-0.05, 0) is 30.2 Å². The molecule has 0 aliphatic carbocycles. The standard InChI is InChI=1S/C21H24ClN5O/c1-14-3-4-17(19(22)9-14)18-13-27-20(10-16(18)11-23)24-12-21(27)26-7-5-25(6-8-26)15(2)28/h3-4,9-10,12-13H,5-8,11,23H2,1-2H3. The van der Waals surface area contributed by atoms with Gasteiger partial charge >= 0.3 is 0 Å². The van der Waals surface area contributed by atoms with Gasteiger partial charge in [0.25, 0.3) is 0 Å². The van der Waals surface area contributed by atoms with E-state index in [2.05, 4.69) is 26.5 Å². The highest BCUT2D eigenvalue weighted by Gasteiger charge is 2.22. The topological polar surface area (TPSA) is 66.9 Å². The molecular weight excluding hydrogens is 374 g/mol. The average molecular weight is 398 g/mol. The predicted molar refractivity (Wildman–Crippen MR) is 113 cm³/mol. The highest BCUT2D eigenvalue weighted by Crippen LogP contribution is 2.33. The van der Waals surface area contributed by atoms with Crippen LogP contribution in [-0.2, 0) is 11.3 Å². The van der Waals surface area contributed by atoms with Crippen molar-refractivity contribution in [1.29, 1.82) is 0 Å². The van der Waals surface area contributed by atoms with Crippen molar-refractivity contribution >= 4 is 29.0 Å². The van der Waals surface area contributed by atoms with Crippen molar-refractivity contribution in [3.63, 3.8) is 0 Å². The van der Waals surface area contributed by atoms with Gasteiger partial charge in [-0.15, -0.1) is 0 Å². The summed E-state index contributed by atoms with van der Waals surface area (Å²) in [4.78, 5) is 20.3. The van der Waals surface area contributed by atoms with E-state index >= 15 is 0 Å². The molecule has 4 rings (SSSR count). The summed E-state index contributed by atoms with van der Waals surface area (Å²) in [5.74, 6) is 1.15. The lowest BCUT2D eigenvalue weighted by Crippen LogP contribution is -2.48. The molecule has 28 heavy (non-hydrogen) atoms.